The first kappa shape index (κ1) is 28.7. The Morgan fingerprint density at radius 2 is 1.68 bits per heavy atom. The number of thiol groups is 1. The van der Waals surface area contributed by atoms with Crippen LogP contribution in [-0.2, 0) is 32.6 Å². The number of nitrogens with one attached hydrogen (secondary N) is 3. The van der Waals surface area contributed by atoms with Crippen molar-refractivity contribution in [2.45, 2.75) is 24.8 Å². The highest BCUT2D eigenvalue weighted by molar-refractivity contribution is 7.90. The maximum absolute atomic E-state index is 12.5. The van der Waals surface area contributed by atoms with E-state index in [9.17, 15) is 18.0 Å². The van der Waals surface area contributed by atoms with Gasteiger partial charge >= 0.3 is 0 Å². The molecule has 0 aliphatic heterocycles. The summed E-state index contributed by atoms with van der Waals surface area (Å²) in [5.41, 5.74) is 3.23. The van der Waals surface area contributed by atoms with E-state index in [2.05, 4.69) is 23.3 Å². The minimum absolute atomic E-state index is 0.0432. The van der Waals surface area contributed by atoms with Gasteiger partial charge in [0.15, 0.2) is 0 Å². The third-order valence-electron chi connectivity index (χ3n) is 5.61. The number of benzene rings is 3. The average Bonchev–Trinajstić information content (AvgIpc) is 2.86. The predicted molar refractivity (Wildman–Crippen MR) is 150 cm³/mol. The van der Waals surface area contributed by atoms with Gasteiger partial charge in [0, 0.05) is 42.9 Å². The standard InChI is InChI=1S/C27H30ClN3O4S2/c1-19(32)31-37(34,35)26-8-3-2-7-25(26)22-11-9-20(10-12-22)17-29-13-14-30-27(33)23(18-36)15-21-5-4-6-24(28)16-21/h2-12,16,23,29,36H,13-15,17-18H2,1H3,(H,30,33)(H,31,32)/t23-/m1/s1. The summed E-state index contributed by atoms with van der Waals surface area (Å²) >= 11 is 10.4. The number of sulfonamides is 1. The third kappa shape index (κ3) is 8.60. The highest BCUT2D eigenvalue weighted by atomic mass is 35.5. The molecule has 2 amide bonds. The summed E-state index contributed by atoms with van der Waals surface area (Å²) < 4.78 is 27.1. The van der Waals surface area contributed by atoms with Crippen molar-refractivity contribution in [1.82, 2.24) is 15.4 Å². The van der Waals surface area contributed by atoms with E-state index in [-0.39, 0.29) is 16.7 Å². The van der Waals surface area contributed by atoms with E-state index in [4.69, 9.17) is 11.6 Å². The molecule has 0 bridgehead atoms. The lowest BCUT2D eigenvalue weighted by atomic mass is 10.0. The molecule has 0 aromatic heterocycles. The molecule has 0 saturated heterocycles. The lowest BCUT2D eigenvalue weighted by Crippen LogP contribution is -2.37. The summed E-state index contributed by atoms with van der Waals surface area (Å²) in [5, 5.41) is 6.89. The quantitative estimate of drug-likeness (QED) is 0.199. The molecule has 3 aromatic carbocycles. The molecule has 0 radical (unpaired) electrons. The summed E-state index contributed by atoms with van der Waals surface area (Å²) in [7, 11) is -3.96. The second kappa shape index (κ2) is 13.6. The number of hydrogen-bond acceptors (Lipinski definition) is 6. The van der Waals surface area contributed by atoms with E-state index in [1.165, 1.54) is 6.07 Å². The maximum atomic E-state index is 12.5. The Balaban J connectivity index is 1.50. The number of hydrogen-bond donors (Lipinski definition) is 4. The van der Waals surface area contributed by atoms with Crippen molar-refractivity contribution < 1.29 is 18.0 Å². The van der Waals surface area contributed by atoms with Crippen molar-refractivity contribution in [2.75, 3.05) is 18.8 Å². The van der Waals surface area contributed by atoms with Gasteiger partial charge in [-0.2, -0.15) is 12.6 Å². The summed E-state index contributed by atoms with van der Waals surface area (Å²) in [5.74, 6) is -0.497. The van der Waals surface area contributed by atoms with Crippen molar-refractivity contribution in [3.8, 4) is 11.1 Å². The topological polar surface area (TPSA) is 104 Å². The summed E-state index contributed by atoms with van der Waals surface area (Å²) in [6.07, 6.45) is 0.574. The normalized spacial score (nSPS) is 12.1. The number of carbonyl (C=O) groups is 2. The minimum atomic E-state index is -3.96. The predicted octanol–water partition coefficient (Wildman–Crippen LogP) is 3.83. The Labute approximate surface area is 228 Å². The van der Waals surface area contributed by atoms with Gasteiger partial charge in [-0.3, -0.25) is 9.59 Å². The molecule has 3 rings (SSSR count). The van der Waals surface area contributed by atoms with E-state index >= 15 is 0 Å². The van der Waals surface area contributed by atoms with Crippen LogP contribution in [0.15, 0.2) is 77.7 Å². The molecule has 0 saturated carbocycles. The first-order valence-corrected chi connectivity index (χ1v) is 14.2. The van der Waals surface area contributed by atoms with Gasteiger partial charge in [0.1, 0.15) is 0 Å². The van der Waals surface area contributed by atoms with E-state index in [1.807, 2.05) is 47.2 Å². The van der Waals surface area contributed by atoms with Gasteiger partial charge in [0.05, 0.1) is 10.8 Å². The summed E-state index contributed by atoms with van der Waals surface area (Å²) in [4.78, 5) is 23.9. The van der Waals surface area contributed by atoms with Crippen LogP contribution in [0.25, 0.3) is 11.1 Å². The van der Waals surface area contributed by atoms with Crippen molar-refractivity contribution in [1.29, 1.82) is 0 Å². The molecular formula is C27H30ClN3O4S2. The van der Waals surface area contributed by atoms with E-state index in [0.29, 0.717) is 42.4 Å². The molecule has 196 valence electrons. The van der Waals surface area contributed by atoms with Crippen LogP contribution >= 0.6 is 24.2 Å². The average molecular weight is 560 g/mol. The fourth-order valence-corrected chi connectivity index (χ4v) is 5.55. The summed E-state index contributed by atoms with van der Waals surface area (Å²) in [6.45, 7) is 2.81. The summed E-state index contributed by atoms with van der Waals surface area (Å²) in [6, 6.07) is 21.5. The van der Waals surface area contributed by atoms with Crippen LogP contribution in [0.1, 0.15) is 18.1 Å². The SMILES string of the molecule is CC(=O)NS(=O)(=O)c1ccccc1-c1ccc(CNCCNC(=O)[C@@H](CS)Cc2cccc(Cl)c2)cc1. The zero-order valence-electron chi connectivity index (χ0n) is 20.4. The van der Waals surface area contributed by atoms with Crippen LogP contribution in [0, 0.1) is 5.92 Å². The van der Waals surface area contributed by atoms with Crippen LogP contribution < -0.4 is 15.4 Å². The molecule has 1 atom stereocenters. The fourth-order valence-electron chi connectivity index (χ4n) is 3.83. The van der Waals surface area contributed by atoms with Gasteiger partial charge in [0.25, 0.3) is 10.0 Å². The van der Waals surface area contributed by atoms with Gasteiger partial charge in [-0.1, -0.05) is 66.2 Å². The molecule has 7 nitrogen and oxygen atoms in total. The minimum Gasteiger partial charge on any atom is -0.355 e. The van der Waals surface area contributed by atoms with Gasteiger partial charge in [-0.05, 0) is 41.3 Å². The molecule has 0 unspecified atom stereocenters. The van der Waals surface area contributed by atoms with Crippen LogP contribution in [-0.4, -0.2) is 39.1 Å². The van der Waals surface area contributed by atoms with Crippen LogP contribution in [0.5, 0.6) is 0 Å². The lowest BCUT2D eigenvalue weighted by molar-refractivity contribution is -0.124. The molecule has 37 heavy (non-hydrogen) atoms. The van der Waals surface area contributed by atoms with Gasteiger partial charge < -0.3 is 10.6 Å². The first-order chi connectivity index (χ1) is 17.7. The Kier molecular flexibility index (Phi) is 10.6. The number of amides is 2. The van der Waals surface area contributed by atoms with Crippen molar-refractivity contribution in [3.63, 3.8) is 0 Å². The van der Waals surface area contributed by atoms with Crippen molar-refractivity contribution in [2.24, 2.45) is 5.92 Å². The third-order valence-corrected chi connectivity index (χ3v) is 7.78. The van der Waals surface area contributed by atoms with Crippen LogP contribution in [0.4, 0.5) is 0 Å². The van der Waals surface area contributed by atoms with Crippen molar-refractivity contribution >= 4 is 46.1 Å². The molecular weight excluding hydrogens is 530 g/mol. The Morgan fingerprint density at radius 3 is 2.35 bits per heavy atom. The highest BCUT2D eigenvalue weighted by Gasteiger charge is 2.20. The molecule has 10 heteroatoms. The molecule has 0 heterocycles. The van der Waals surface area contributed by atoms with Gasteiger partial charge in [-0.15, -0.1) is 0 Å². The molecule has 0 fully saturated rings. The number of halogens is 1. The first-order valence-electron chi connectivity index (χ1n) is 11.7. The smallest absolute Gasteiger partial charge is 0.264 e. The number of carbonyl (C=O) groups excluding carboxylic acids is 2. The second-order valence-electron chi connectivity index (χ2n) is 8.54. The van der Waals surface area contributed by atoms with Crippen LogP contribution in [0.3, 0.4) is 0 Å². The molecule has 3 N–H and O–H groups in total. The Hall–Kier alpha value is -2.85. The molecule has 0 spiro atoms. The van der Waals surface area contributed by atoms with Crippen LogP contribution in [0.2, 0.25) is 5.02 Å². The largest absolute Gasteiger partial charge is 0.355 e. The zero-order valence-corrected chi connectivity index (χ0v) is 22.9. The molecule has 0 aliphatic carbocycles. The molecule has 3 aromatic rings. The van der Waals surface area contributed by atoms with E-state index in [0.717, 1.165) is 23.6 Å². The zero-order chi connectivity index (χ0) is 26.8. The van der Waals surface area contributed by atoms with E-state index < -0.39 is 15.9 Å². The fraction of sp³-hybridized carbons (Fsp3) is 0.259. The lowest BCUT2D eigenvalue weighted by Gasteiger charge is -2.15. The second-order valence-corrected chi connectivity index (χ2v) is 11.0. The van der Waals surface area contributed by atoms with Crippen molar-refractivity contribution in [3.05, 3.63) is 88.9 Å². The van der Waals surface area contributed by atoms with Gasteiger partial charge in [-0.25, -0.2) is 13.1 Å². The van der Waals surface area contributed by atoms with Gasteiger partial charge in [0.2, 0.25) is 11.8 Å². The number of rotatable bonds is 12. The molecule has 0 aliphatic rings. The van der Waals surface area contributed by atoms with E-state index in [1.54, 1.807) is 24.3 Å². The Bertz CT molecular complexity index is 1330. The Morgan fingerprint density at radius 1 is 0.946 bits per heavy atom. The monoisotopic (exact) mass is 559 g/mol. The highest BCUT2D eigenvalue weighted by Crippen LogP contribution is 2.27. The maximum Gasteiger partial charge on any atom is 0.264 e.